The van der Waals surface area contributed by atoms with Crippen LogP contribution in [-0.4, -0.2) is 47.2 Å². The highest BCUT2D eigenvalue weighted by molar-refractivity contribution is 5.95. The summed E-state index contributed by atoms with van der Waals surface area (Å²) in [5.41, 5.74) is 1.58. The molecule has 0 radical (unpaired) electrons. The van der Waals surface area contributed by atoms with Crippen LogP contribution in [0.2, 0.25) is 0 Å². The normalized spacial score (nSPS) is 28.4. The van der Waals surface area contributed by atoms with Gasteiger partial charge in [-0.15, -0.1) is 0 Å². The highest BCUT2D eigenvalue weighted by Gasteiger charge is 2.38. The lowest BCUT2D eigenvalue weighted by Crippen LogP contribution is -2.32. The Morgan fingerprint density at radius 3 is 2.69 bits per heavy atom. The number of aromatic nitrogens is 2. The van der Waals surface area contributed by atoms with Crippen LogP contribution in [0.4, 0.5) is 0 Å². The SMILES string of the molecule is Cc1[nH]ncc1C(=O)N1C[C@H]2CNC[C@H]2C1. The van der Waals surface area contributed by atoms with Gasteiger partial charge in [0.15, 0.2) is 0 Å². The standard InChI is InChI=1S/C11H16N4O/c1-7-10(4-13-14-7)11(16)15-5-8-2-12-3-9(8)6-15/h4,8-9,12H,2-3,5-6H2,1H3,(H,13,14)/t8-,9+. The minimum atomic E-state index is 0.126. The minimum absolute atomic E-state index is 0.126. The Bertz CT molecular complexity index is 402. The molecule has 0 aromatic carbocycles. The molecule has 2 saturated heterocycles. The number of hydrogen-bond acceptors (Lipinski definition) is 3. The van der Waals surface area contributed by atoms with E-state index in [0.29, 0.717) is 17.4 Å². The van der Waals surface area contributed by atoms with Crippen molar-refractivity contribution in [2.45, 2.75) is 6.92 Å². The lowest BCUT2D eigenvalue weighted by molar-refractivity contribution is 0.0781. The fourth-order valence-corrected chi connectivity index (χ4v) is 2.76. The summed E-state index contributed by atoms with van der Waals surface area (Å²) in [5.74, 6) is 1.42. The number of aryl methyl sites for hydroxylation is 1. The van der Waals surface area contributed by atoms with Gasteiger partial charge in [0.2, 0.25) is 0 Å². The topological polar surface area (TPSA) is 61.0 Å². The quantitative estimate of drug-likeness (QED) is 0.701. The second-order valence-corrected chi connectivity index (χ2v) is 4.80. The number of carbonyl (C=O) groups excluding carboxylic acids is 1. The Kier molecular flexibility index (Phi) is 2.21. The van der Waals surface area contributed by atoms with E-state index in [1.165, 1.54) is 0 Å². The number of nitrogens with one attached hydrogen (secondary N) is 2. The van der Waals surface area contributed by atoms with Crippen LogP contribution in [0, 0.1) is 18.8 Å². The van der Waals surface area contributed by atoms with E-state index in [9.17, 15) is 4.79 Å². The lowest BCUT2D eigenvalue weighted by atomic mass is 10.0. The molecule has 3 heterocycles. The zero-order valence-corrected chi connectivity index (χ0v) is 9.36. The van der Waals surface area contributed by atoms with Gasteiger partial charge in [0, 0.05) is 31.9 Å². The Morgan fingerprint density at radius 1 is 1.44 bits per heavy atom. The van der Waals surface area contributed by atoms with Gasteiger partial charge in [-0.25, -0.2) is 0 Å². The van der Waals surface area contributed by atoms with Crippen LogP contribution in [0.5, 0.6) is 0 Å². The molecule has 1 aromatic heterocycles. The van der Waals surface area contributed by atoms with Gasteiger partial charge in [-0.3, -0.25) is 9.89 Å². The van der Waals surface area contributed by atoms with Crippen LogP contribution < -0.4 is 5.32 Å². The molecule has 0 aliphatic carbocycles. The number of likely N-dealkylation sites (tertiary alicyclic amines) is 1. The smallest absolute Gasteiger partial charge is 0.257 e. The summed E-state index contributed by atoms with van der Waals surface area (Å²) in [6.07, 6.45) is 1.63. The van der Waals surface area contributed by atoms with E-state index in [4.69, 9.17) is 0 Å². The maximum atomic E-state index is 12.2. The second-order valence-electron chi connectivity index (χ2n) is 4.80. The Morgan fingerprint density at radius 2 is 2.12 bits per heavy atom. The van der Waals surface area contributed by atoms with Gasteiger partial charge in [-0.2, -0.15) is 5.10 Å². The molecule has 0 saturated carbocycles. The predicted octanol–water partition coefficient (Wildman–Crippen LogP) is 0.00952. The van der Waals surface area contributed by atoms with E-state index >= 15 is 0 Å². The van der Waals surface area contributed by atoms with Gasteiger partial charge in [-0.1, -0.05) is 0 Å². The first-order valence-corrected chi connectivity index (χ1v) is 5.75. The van der Waals surface area contributed by atoms with Gasteiger partial charge >= 0.3 is 0 Å². The summed E-state index contributed by atoms with van der Waals surface area (Å²) in [4.78, 5) is 14.2. The van der Waals surface area contributed by atoms with E-state index in [1.54, 1.807) is 6.20 Å². The van der Waals surface area contributed by atoms with E-state index < -0.39 is 0 Å². The van der Waals surface area contributed by atoms with Gasteiger partial charge in [-0.05, 0) is 18.8 Å². The summed E-state index contributed by atoms with van der Waals surface area (Å²) in [6.45, 7) is 5.78. The van der Waals surface area contributed by atoms with Gasteiger partial charge in [0.25, 0.3) is 5.91 Å². The maximum Gasteiger partial charge on any atom is 0.257 e. The second kappa shape index (κ2) is 3.59. The van der Waals surface area contributed by atoms with Crippen molar-refractivity contribution in [3.05, 3.63) is 17.5 Å². The van der Waals surface area contributed by atoms with Crippen LogP contribution in [0.1, 0.15) is 16.1 Å². The predicted molar refractivity (Wildman–Crippen MR) is 59.1 cm³/mol. The molecular weight excluding hydrogens is 204 g/mol. The van der Waals surface area contributed by atoms with Gasteiger partial charge in [0.05, 0.1) is 11.8 Å². The fourth-order valence-electron chi connectivity index (χ4n) is 2.76. The van der Waals surface area contributed by atoms with Crippen molar-refractivity contribution >= 4 is 5.91 Å². The van der Waals surface area contributed by atoms with Crippen LogP contribution in [0.3, 0.4) is 0 Å². The molecule has 2 atom stereocenters. The van der Waals surface area contributed by atoms with Crippen molar-refractivity contribution < 1.29 is 4.79 Å². The Hall–Kier alpha value is -1.36. The summed E-state index contributed by atoms with van der Waals surface area (Å²) in [5, 5.41) is 10.1. The molecule has 1 aromatic rings. The van der Waals surface area contributed by atoms with E-state index in [-0.39, 0.29) is 5.91 Å². The Balaban J connectivity index is 1.75. The zero-order chi connectivity index (χ0) is 11.1. The van der Waals surface area contributed by atoms with Crippen molar-refractivity contribution in [2.75, 3.05) is 26.2 Å². The molecule has 0 spiro atoms. The first-order valence-electron chi connectivity index (χ1n) is 5.75. The monoisotopic (exact) mass is 220 g/mol. The van der Waals surface area contributed by atoms with E-state index in [1.807, 2.05) is 11.8 Å². The van der Waals surface area contributed by atoms with Crippen LogP contribution in [0.15, 0.2) is 6.20 Å². The summed E-state index contributed by atoms with van der Waals surface area (Å²) in [7, 11) is 0. The Labute approximate surface area is 94.2 Å². The average molecular weight is 220 g/mol. The first kappa shape index (κ1) is 9.84. The number of nitrogens with zero attached hydrogens (tertiary/aromatic N) is 2. The number of aromatic amines is 1. The molecule has 86 valence electrons. The van der Waals surface area contributed by atoms with Crippen molar-refractivity contribution in [2.24, 2.45) is 11.8 Å². The largest absolute Gasteiger partial charge is 0.338 e. The fraction of sp³-hybridized carbons (Fsp3) is 0.636. The van der Waals surface area contributed by atoms with Crippen LogP contribution in [0.25, 0.3) is 0 Å². The van der Waals surface area contributed by atoms with Crippen molar-refractivity contribution in [1.29, 1.82) is 0 Å². The van der Waals surface area contributed by atoms with E-state index in [0.717, 1.165) is 31.9 Å². The third-order valence-corrected chi connectivity index (χ3v) is 3.74. The summed E-state index contributed by atoms with van der Waals surface area (Å²) >= 11 is 0. The van der Waals surface area contributed by atoms with Crippen LogP contribution >= 0.6 is 0 Å². The third kappa shape index (κ3) is 1.43. The number of carbonyl (C=O) groups is 1. The van der Waals surface area contributed by atoms with Crippen molar-refractivity contribution in [3.63, 3.8) is 0 Å². The highest BCUT2D eigenvalue weighted by atomic mass is 16.2. The number of fused-ring (bicyclic) bond motifs is 1. The molecule has 16 heavy (non-hydrogen) atoms. The van der Waals surface area contributed by atoms with E-state index in [2.05, 4.69) is 15.5 Å². The molecule has 2 fully saturated rings. The lowest BCUT2D eigenvalue weighted by Gasteiger charge is -2.16. The molecule has 5 nitrogen and oxygen atoms in total. The molecule has 2 aliphatic heterocycles. The molecule has 2 N–H and O–H groups in total. The average Bonchev–Trinajstić information content (AvgIpc) is 2.89. The molecule has 5 heteroatoms. The van der Waals surface area contributed by atoms with Gasteiger partial charge < -0.3 is 10.2 Å². The summed E-state index contributed by atoms with van der Waals surface area (Å²) < 4.78 is 0. The molecule has 1 amide bonds. The first-order chi connectivity index (χ1) is 7.75. The molecule has 0 unspecified atom stereocenters. The van der Waals surface area contributed by atoms with Crippen molar-refractivity contribution in [3.8, 4) is 0 Å². The summed E-state index contributed by atoms with van der Waals surface area (Å²) in [6, 6.07) is 0. The number of hydrogen-bond donors (Lipinski definition) is 2. The highest BCUT2D eigenvalue weighted by Crippen LogP contribution is 2.27. The molecule has 2 aliphatic rings. The molecule has 0 bridgehead atoms. The maximum absolute atomic E-state index is 12.2. The minimum Gasteiger partial charge on any atom is -0.338 e. The molecule has 3 rings (SSSR count). The molecular formula is C11H16N4O. The third-order valence-electron chi connectivity index (χ3n) is 3.74. The van der Waals surface area contributed by atoms with Gasteiger partial charge in [0.1, 0.15) is 0 Å². The zero-order valence-electron chi connectivity index (χ0n) is 9.36. The number of H-pyrrole nitrogens is 1. The number of rotatable bonds is 1. The number of amides is 1. The van der Waals surface area contributed by atoms with Crippen LogP contribution in [-0.2, 0) is 0 Å². The van der Waals surface area contributed by atoms with Crippen molar-refractivity contribution in [1.82, 2.24) is 20.4 Å².